The Hall–Kier alpha value is -2.28. The van der Waals surface area contributed by atoms with Gasteiger partial charge in [0.05, 0.1) is 18.0 Å². The predicted octanol–water partition coefficient (Wildman–Crippen LogP) is 2.34. The van der Waals surface area contributed by atoms with Crippen molar-refractivity contribution in [3.63, 3.8) is 0 Å². The first-order valence-corrected chi connectivity index (χ1v) is 5.62. The Balaban J connectivity index is 2.00. The largest absolute Gasteiger partial charge is 0.383 e. The summed E-state index contributed by atoms with van der Waals surface area (Å²) in [5.41, 5.74) is 8.50. The third kappa shape index (κ3) is 1.66. The lowest BCUT2D eigenvalue weighted by Gasteiger charge is -2.03. The monoisotopic (exact) mass is 224 g/mol. The van der Waals surface area contributed by atoms with Gasteiger partial charge in [-0.1, -0.05) is 12.1 Å². The van der Waals surface area contributed by atoms with E-state index in [9.17, 15) is 0 Å². The first-order chi connectivity index (χ1) is 8.29. The molecule has 0 unspecified atom stereocenters. The van der Waals surface area contributed by atoms with Crippen molar-refractivity contribution in [3.05, 3.63) is 36.2 Å². The van der Waals surface area contributed by atoms with Gasteiger partial charge < -0.3 is 10.3 Å². The van der Waals surface area contributed by atoms with Crippen molar-refractivity contribution in [1.82, 2.24) is 9.55 Å². The number of rotatable bonds is 2. The van der Waals surface area contributed by atoms with Gasteiger partial charge in [-0.3, -0.25) is 0 Å². The zero-order chi connectivity index (χ0) is 11.8. The quantitative estimate of drug-likeness (QED) is 0.851. The van der Waals surface area contributed by atoms with Crippen molar-refractivity contribution >= 4 is 5.82 Å². The van der Waals surface area contributed by atoms with E-state index in [4.69, 9.17) is 11.0 Å². The fourth-order valence-corrected chi connectivity index (χ4v) is 1.94. The number of nitrogens with two attached hydrogens (primary N) is 1. The second-order valence-electron chi connectivity index (χ2n) is 4.31. The highest BCUT2D eigenvalue weighted by molar-refractivity contribution is 5.71. The lowest BCUT2D eigenvalue weighted by molar-refractivity contribution is 0.751. The van der Waals surface area contributed by atoms with Crippen LogP contribution in [0.1, 0.15) is 24.4 Å². The molecule has 1 aromatic heterocycles. The predicted molar refractivity (Wildman–Crippen MR) is 65.1 cm³/mol. The molecule has 1 fully saturated rings. The van der Waals surface area contributed by atoms with Crippen molar-refractivity contribution in [3.8, 4) is 17.3 Å². The molecule has 0 saturated heterocycles. The number of hydrogen-bond acceptors (Lipinski definition) is 3. The summed E-state index contributed by atoms with van der Waals surface area (Å²) in [5.74, 6) is 0.720. The van der Waals surface area contributed by atoms with E-state index in [0.717, 1.165) is 17.1 Å². The average Bonchev–Trinajstić information content (AvgIpc) is 3.13. The number of nitriles is 1. The minimum Gasteiger partial charge on any atom is -0.383 e. The number of anilines is 1. The number of hydrogen-bond donors (Lipinski definition) is 1. The smallest absolute Gasteiger partial charge is 0.131 e. The molecule has 4 heteroatoms. The lowest BCUT2D eigenvalue weighted by Crippen LogP contribution is -1.99. The average molecular weight is 224 g/mol. The minimum atomic E-state index is 0.537. The Morgan fingerprint density at radius 3 is 2.59 bits per heavy atom. The van der Waals surface area contributed by atoms with Crippen LogP contribution in [-0.4, -0.2) is 9.55 Å². The molecule has 1 heterocycles. The maximum absolute atomic E-state index is 8.74. The summed E-state index contributed by atoms with van der Waals surface area (Å²) in [6.45, 7) is 0. The Morgan fingerprint density at radius 2 is 2.00 bits per heavy atom. The highest BCUT2D eigenvalue weighted by Crippen LogP contribution is 2.38. The molecule has 0 spiro atoms. The number of benzene rings is 1. The molecular weight excluding hydrogens is 212 g/mol. The first-order valence-electron chi connectivity index (χ1n) is 5.62. The van der Waals surface area contributed by atoms with Gasteiger partial charge in [0, 0.05) is 11.6 Å². The van der Waals surface area contributed by atoms with E-state index < -0.39 is 0 Å². The fraction of sp³-hybridized carbons (Fsp3) is 0.231. The number of nitrogens with zero attached hydrogens (tertiary/aromatic N) is 3. The van der Waals surface area contributed by atoms with E-state index in [0.29, 0.717) is 11.6 Å². The highest BCUT2D eigenvalue weighted by Gasteiger charge is 2.26. The van der Waals surface area contributed by atoms with E-state index in [1.807, 2.05) is 16.7 Å². The number of nitrogen functional groups attached to an aromatic ring is 1. The summed E-state index contributed by atoms with van der Waals surface area (Å²) in [6, 6.07) is 9.97. The van der Waals surface area contributed by atoms with E-state index in [1.165, 1.54) is 12.8 Å². The van der Waals surface area contributed by atoms with Crippen molar-refractivity contribution in [2.24, 2.45) is 0 Å². The summed E-state index contributed by atoms with van der Waals surface area (Å²) < 4.78 is 2.04. The van der Waals surface area contributed by atoms with Gasteiger partial charge in [0.15, 0.2) is 0 Å². The molecule has 0 bridgehead atoms. The SMILES string of the molecule is N#Cc1ccc(-c2ncn(C3CC3)c2N)cc1. The maximum atomic E-state index is 8.74. The summed E-state index contributed by atoms with van der Waals surface area (Å²) in [6.07, 6.45) is 4.18. The molecule has 4 nitrogen and oxygen atoms in total. The zero-order valence-electron chi connectivity index (χ0n) is 9.30. The second kappa shape index (κ2) is 3.63. The van der Waals surface area contributed by atoms with Gasteiger partial charge >= 0.3 is 0 Å². The van der Waals surface area contributed by atoms with Crippen molar-refractivity contribution in [2.45, 2.75) is 18.9 Å². The van der Waals surface area contributed by atoms with E-state index in [-0.39, 0.29) is 0 Å². The standard InChI is InChI=1S/C13H12N4/c14-7-9-1-3-10(4-2-9)12-13(15)17(8-16-12)11-5-6-11/h1-4,8,11H,5-6,15H2. The number of imidazole rings is 1. The summed E-state index contributed by atoms with van der Waals surface area (Å²) in [7, 11) is 0. The second-order valence-corrected chi connectivity index (χ2v) is 4.31. The Labute approximate surface area is 99.3 Å². The molecule has 17 heavy (non-hydrogen) atoms. The molecule has 2 aromatic rings. The van der Waals surface area contributed by atoms with Gasteiger partial charge in [-0.15, -0.1) is 0 Å². The topological polar surface area (TPSA) is 67.6 Å². The number of aromatic nitrogens is 2. The summed E-state index contributed by atoms with van der Waals surface area (Å²) in [5, 5.41) is 8.74. The van der Waals surface area contributed by atoms with E-state index in [2.05, 4.69) is 11.1 Å². The van der Waals surface area contributed by atoms with E-state index >= 15 is 0 Å². The third-order valence-electron chi connectivity index (χ3n) is 3.06. The van der Waals surface area contributed by atoms with Crippen molar-refractivity contribution in [2.75, 3.05) is 5.73 Å². The normalized spacial score (nSPS) is 14.5. The van der Waals surface area contributed by atoms with Crippen LogP contribution in [0.15, 0.2) is 30.6 Å². The van der Waals surface area contributed by atoms with Crippen LogP contribution in [-0.2, 0) is 0 Å². The first kappa shape index (κ1) is 9.91. The molecule has 1 aliphatic rings. The van der Waals surface area contributed by atoms with Crippen molar-refractivity contribution in [1.29, 1.82) is 5.26 Å². The van der Waals surface area contributed by atoms with Crippen LogP contribution >= 0.6 is 0 Å². The Kier molecular flexibility index (Phi) is 2.12. The molecule has 2 N–H and O–H groups in total. The molecule has 1 saturated carbocycles. The van der Waals surface area contributed by atoms with Crippen LogP contribution in [0, 0.1) is 11.3 Å². The molecule has 84 valence electrons. The minimum absolute atomic E-state index is 0.537. The van der Waals surface area contributed by atoms with Crippen LogP contribution < -0.4 is 5.73 Å². The maximum Gasteiger partial charge on any atom is 0.131 e. The Bertz CT molecular complexity index is 585. The molecule has 1 aliphatic carbocycles. The van der Waals surface area contributed by atoms with Crippen LogP contribution in [0.3, 0.4) is 0 Å². The summed E-state index contributed by atoms with van der Waals surface area (Å²) in [4.78, 5) is 4.36. The van der Waals surface area contributed by atoms with Gasteiger partial charge in [-0.25, -0.2) is 4.98 Å². The Morgan fingerprint density at radius 1 is 1.29 bits per heavy atom. The summed E-state index contributed by atoms with van der Waals surface area (Å²) >= 11 is 0. The van der Waals surface area contributed by atoms with Gasteiger partial charge in [0.1, 0.15) is 11.5 Å². The molecule has 0 atom stereocenters. The molecule has 3 rings (SSSR count). The molecule has 0 amide bonds. The molecule has 1 aromatic carbocycles. The highest BCUT2D eigenvalue weighted by atomic mass is 15.2. The third-order valence-corrected chi connectivity index (χ3v) is 3.06. The van der Waals surface area contributed by atoms with E-state index in [1.54, 1.807) is 18.5 Å². The van der Waals surface area contributed by atoms with Gasteiger partial charge in [0.25, 0.3) is 0 Å². The van der Waals surface area contributed by atoms with Gasteiger partial charge in [-0.2, -0.15) is 5.26 Å². The van der Waals surface area contributed by atoms with Gasteiger partial charge in [0.2, 0.25) is 0 Å². The van der Waals surface area contributed by atoms with Crippen LogP contribution in [0.25, 0.3) is 11.3 Å². The van der Waals surface area contributed by atoms with Crippen molar-refractivity contribution < 1.29 is 0 Å². The van der Waals surface area contributed by atoms with Gasteiger partial charge in [-0.05, 0) is 25.0 Å². The van der Waals surface area contributed by atoms with Crippen LogP contribution in [0.5, 0.6) is 0 Å². The zero-order valence-corrected chi connectivity index (χ0v) is 9.30. The van der Waals surface area contributed by atoms with Crippen LogP contribution in [0.4, 0.5) is 5.82 Å². The fourth-order valence-electron chi connectivity index (χ4n) is 1.94. The molecular formula is C13H12N4. The molecule has 0 radical (unpaired) electrons. The lowest BCUT2D eigenvalue weighted by atomic mass is 10.1. The molecule has 0 aliphatic heterocycles. The van der Waals surface area contributed by atoms with Crippen LogP contribution in [0.2, 0.25) is 0 Å².